The van der Waals surface area contributed by atoms with E-state index in [4.69, 9.17) is 4.74 Å². The van der Waals surface area contributed by atoms with Crippen molar-refractivity contribution in [2.45, 2.75) is 0 Å². The molecule has 0 fully saturated rings. The highest BCUT2D eigenvalue weighted by Crippen LogP contribution is 2.22. The molecule has 0 heterocycles. The van der Waals surface area contributed by atoms with Gasteiger partial charge in [0.1, 0.15) is 11.5 Å². The van der Waals surface area contributed by atoms with E-state index in [0.717, 1.165) is 17.1 Å². The largest absolute Gasteiger partial charge is 0.457 e. The van der Waals surface area contributed by atoms with Gasteiger partial charge in [-0.25, -0.2) is 0 Å². The molecule has 0 spiro atoms. The van der Waals surface area contributed by atoms with E-state index in [2.05, 4.69) is 11.9 Å². The highest BCUT2D eigenvalue weighted by atomic mass is 16.5. The summed E-state index contributed by atoms with van der Waals surface area (Å²) in [5.41, 5.74) is 0.900. The van der Waals surface area contributed by atoms with Gasteiger partial charge in [-0.15, -0.1) is 6.58 Å². The number of hydrogen-bond acceptors (Lipinski definition) is 2. The summed E-state index contributed by atoms with van der Waals surface area (Å²) in [4.78, 5) is 11.5. The zero-order chi connectivity index (χ0) is 14.9. The van der Waals surface area contributed by atoms with Gasteiger partial charge in [-0.1, -0.05) is 36.4 Å². The summed E-state index contributed by atoms with van der Waals surface area (Å²) in [6, 6.07) is 17.1. The number of benzene rings is 2. The van der Waals surface area contributed by atoms with Gasteiger partial charge < -0.3 is 10.1 Å². The summed E-state index contributed by atoms with van der Waals surface area (Å²) in [6.07, 6.45) is 4.88. The molecule has 2 aromatic carbocycles. The molecule has 0 aliphatic carbocycles. The molecule has 0 aliphatic rings. The van der Waals surface area contributed by atoms with Crippen LogP contribution in [0.15, 0.2) is 73.3 Å². The number of hydrogen-bond donors (Lipinski definition) is 1. The van der Waals surface area contributed by atoms with Crippen LogP contribution >= 0.6 is 0 Å². The molecule has 21 heavy (non-hydrogen) atoms. The molecule has 0 aliphatic heterocycles. The molecule has 2 aromatic rings. The van der Waals surface area contributed by atoms with E-state index in [0.29, 0.717) is 6.54 Å². The van der Waals surface area contributed by atoms with Crippen LogP contribution in [0.4, 0.5) is 0 Å². The van der Waals surface area contributed by atoms with Crippen LogP contribution in [0.2, 0.25) is 0 Å². The van der Waals surface area contributed by atoms with Gasteiger partial charge in [0.25, 0.3) is 0 Å². The Morgan fingerprint density at radius 2 is 1.86 bits per heavy atom. The van der Waals surface area contributed by atoms with Crippen molar-refractivity contribution in [2.75, 3.05) is 6.54 Å². The van der Waals surface area contributed by atoms with Crippen molar-refractivity contribution >= 4 is 12.0 Å². The van der Waals surface area contributed by atoms with Crippen LogP contribution in [0.1, 0.15) is 5.56 Å². The minimum Gasteiger partial charge on any atom is -0.457 e. The Bertz CT molecular complexity index is 633. The van der Waals surface area contributed by atoms with Gasteiger partial charge in [-0.05, 0) is 35.9 Å². The lowest BCUT2D eigenvalue weighted by Gasteiger charge is -2.05. The molecule has 0 bridgehead atoms. The molecular formula is C18H17NO2. The maximum Gasteiger partial charge on any atom is 0.244 e. The topological polar surface area (TPSA) is 38.3 Å². The third-order valence-electron chi connectivity index (χ3n) is 2.68. The first kappa shape index (κ1) is 14.6. The summed E-state index contributed by atoms with van der Waals surface area (Å²) in [5, 5.41) is 2.68. The van der Waals surface area contributed by atoms with Crippen LogP contribution in [-0.2, 0) is 4.79 Å². The average Bonchev–Trinajstić information content (AvgIpc) is 2.52. The number of ether oxygens (including phenoxy) is 1. The highest BCUT2D eigenvalue weighted by molar-refractivity contribution is 5.91. The van der Waals surface area contributed by atoms with E-state index in [1.54, 1.807) is 12.2 Å². The minimum absolute atomic E-state index is 0.149. The molecule has 2 rings (SSSR count). The molecule has 0 unspecified atom stereocenters. The highest BCUT2D eigenvalue weighted by Gasteiger charge is 1.98. The van der Waals surface area contributed by atoms with Crippen molar-refractivity contribution in [3.8, 4) is 11.5 Å². The normalized spacial score (nSPS) is 10.3. The van der Waals surface area contributed by atoms with E-state index in [1.165, 1.54) is 6.08 Å². The number of nitrogens with one attached hydrogen (secondary N) is 1. The number of carbonyl (C=O) groups excluding carboxylic acids is 1. The third kappa shape index (κ3) is 4.99. The monoisotopic (exact) mass is 279 g/mol. The first-order chi connectivity index (χ1) is 10.3. The van der Waals surface area contributed by atoms with Crippen LogP contribution in [0, 0.1) is 0 Å². The summed E-state index contributed by atoms with van der Waals surface area (Å²) in [7, 11) is 0. The number of amides is 1. The number of para-hydroxylation sites is 1. The van der Waals surface area contributed by atoms with Crippen molar-refractivity contribution in [3.05, 3.63) is 78.9 Å². The SMILES string of the molecule is C=CCNC(=O)/C=C/c1cccc(Oc2ccccc2)c1. The predicted octanol–water partition coefficient (Wildman–Crippen LogP) is 3.79. The molecule has 0 saturated heterocycles. The Balaban J connectivity index is 2.02. The van der Waals surface area contributed by atoms with Gasteiger partial charge in [0.05, 0.1) is 0 Å². The summed E-state index contributed by atoms with van der Waals surface area (Å²) in [6.45, 7) is 4.01. The van der Waals surface area contributed by atoms with Crippen molar-refractivity contribution < 1.29 is 9.53 Å². The van der Waals surface area contributed by atoms with Crippen LogP contribution in [0.5, 0.6) is 11.5 Å². The zero-order valence-electron chi connectivity index (χ0n) is 11.7. The van der Waals surface area contributed by atoms with E-state index < -0.39 is 0 Å². The van der Waals surface area contributed by atoms with Crippen LogP contribution in [-0.4, -0.2) is 12.5 Å². The number of carbonyl (C=O) groups is 1. The molecule has 106 valence electrons. The molecular weight excluding hydrogens is 262 g/mol. The van der Waals surface area contributed by atoms with Gasteiger partial charge in [-0.2, -0.15) is 0 Å². The fourth-order valence-electron chi connectivity index (χ4n) is 1.71. The molecule has 0 atom stereocenters. The van der Waals surface area contributed by atoms with Crippen molar-refractivity contribution in [1.82, 2.24) is 5.32 Å². The lowest BCUT2D eigenvalue weighted by atomic mass is 10.2. The van der Waals surface area contributed by atoms with Crippen molar-refractivity contribution in [1.29, 1.82) is 0 Å². The smallest absolute Gasteiger partial charge is 0.244 e. The summed E-state index contributed by atoms with van der Waals surface area (Å²) < 4.78 is 5.74. The van der Waals surface area contributed by atoms with E-state index in [-0.39, 0.29) is 5.91 Å². The second-order valence-electron chi connectivity index (χ2n) is 4.35. The van der Waals surface area contributed by atoms with Crippen LogP contribution in [0.25, 0.3) is 6.08 Å². The quantitative estimate of drug-likeness (QED) is 0.645. The Kier molecular flexibility index (Phi) is 5.35. The van der Waals surface area contributed by atoms with E-state index in [1.807, 2.05) is 54.6 Å². The van der Waals surface area contributed by atoms with Gasteiger partial charge in [0, 0.05) is 12.6 Å². The molecule has 0 saturated carbocycles. The Morgan fingerprint density at radius 1 is 1.10 bits per heavy atom. The van der Waals surface area contributed by atoms with Gasteiger partial charge in [0.2, 0.25) is 5.91 Å². The Labute approximate surface area is 124 Å². The first-order valence-electron chi connectivity index (χ1n) is 6.68. The van der Waals surface area contributed by atoms with E-state index in [9.17, 15) is 4.79 Å². The molecule has 1 amide bonds. The molecule has 1 N–H and O–H groups in total. The fourth-order valence-corrected chi connectivity index (χ4v) is 1.71. The lowest BCUT2D eigenvalue weighted by molar-refractivity contribution is -0.116. The minimum atomic E-state index is -0.149. The van der Waals surface area contributed by atoms with Crippen LogP contribution < -0.4 is 10.1 Å². The van der Waals surface area contributed by atoms with Crippen LogP contribution in [0.3, 0.4) is 0 Å². The number of rotatable bonds is 6. The summed E-state index contributed by atoms with van der Waals surface area (Å²) >= 11 is 0. The van der Waals surface area contributed by atoms with Gasteiger partial charge >= 0.3 is 0 Å². The van der Waals surface area contributed by atoms with Crippen molar-refractivity contribution in [2.24, 2.45) is 0 Å². The average molecular weight is 279 g/mol. The molecule has 0 radical (unpaired) electrons. The Morgan fingerprint density at radius 3 is 2.62 bits per heavy atom. The third-order valence-corrected chi connectivity index (χ3v) is 2.68. The molecule has 3 heteroatoms. The maximum atomic E-state index is 11.5. The zero-order valence-corrected chi connectivity index (χ0v) is 11.7. The van der Waals surface area contributed by atoms with Gasteiger partial charge in [-0.3, -0.25) is 4.79 Å². The second-order valence-corrected chi connectivity index (χ2v) is 4.35. The maximum absolute atomic E-state index is 11.5. The molecule has 3 nitrogen and oxygen atoms in total. The predicted molar refractivity (Wildman–Crippen MR) is 85.2 cm³/mol. The molecule has 0 aromatic heterocycles. The van der Waals surface area contributed by atoms with E-state index >= 15 is 0 Å². The lowest BCUT2D eigenvalue weighted by Crippen LogP contribution is -2.20. The first-order valence-corrected chi connectivity index (χ1v) is 6.68. The Hall–Kier alpha value is -2.81. The second kappa shape index (κ2) is 7.70. The fraction of sp³-hybridized carbons (Fsp3) is 0.0556. The van der Waals surface area contributed by atoms with Crippen molar-refractivity contribution in [3.63, 3.8) is 0 Å². The van der Waals surface area contributed by atoms with Gasteiger partial charge in [0.15, 0.2) is 0 Å². The summed E-state index contributed by atoms with van der Waals surface area (Å²) in [5.74, 6) is 1.36. The standard InChI is InChI=1S/C18H17NO2/c1-2-13-19-18(20)12-11-15-7-6-10-17(14-15)21-16-8-4-3-5-9-16/h2-12,14H,1,13H2,(H,19,20)/b12-11+.